The molecule has 0 spiro atoms. The van der Waals surface area contributed by atoms with Crippen LogP contribution in [0.3, 0.4) is 0 Å². The minimum atomic E-state index is -3.17. The summed E-state index contributed by atoms with van der Waals surface area (Å²) in [5, 5.41) is 0. The molecule has 0 aromatic carbocycles. The monoisotopic (exact) mass is 206 g/mol. The summed E-state index contributed by atoms with van der Waals surface area (Å²) in [6, 6.07) is 0. The highest BCUT2D eigenvalue weighted by molar-refractivity contribution is 5.30. The van der Waals surface area contributed by atoms with Crippen molar-refractivity contribution in [3.05, 3.63) is 35.7 Å². The fraction of sp³-hybridized carbons (Fsp3) is 0. The molecule has 0 saturated carbocycles. The zero-order valence-corrected chi connectivity index (χ0v) is 5.72. The summed E-state index contributed by atoms with van der Waals surface area (Å²) in [7, 11) is 0. The molecule has 0 atom stereocenters. The second-order valence-corrected chi connectivity index (χ2v) is 1.66. The lowest BCUT2D eigenvalue weighted by atomic mass is 10.4. The Labute approximate surface area is 67.7 Å². The van der Waals surface area contributed by atoms with Crippen LogP contribution in [0.2, 0.25) is 0 Å². The van der Waals surface area contributed by atoms with Crippen molar-refractivity contribution >= 4 is 0 Å². The standard InChI is InChI=1S/C6HF7/c7-1-2(8)3(9)4(10)5(11)6(12)13/h1H/b2-1?,4-3+. The van der Waals surface area contributed by atoms with E-state index in [-0.39, 0.29) is 0 Å². The number of hydrogen-bond acceptors (Lipinski definition) is 0. The molecule has 0 rings (SSSR count). The van der Waals surface area contributed by atoms with E-state index in [9.17, 15) is 30.7 Å². The van der Waals surface area contributed by atoms with Crippen molar-refractivity contribution < 1.29 is 30.7 Å². The van der Waals surface area contributed by atoms with Gasteiger partial charge in [-0.25, -0.2) is 17.6 Å². The summed E-state index contributed by atoms with van der Waals surface area (Å²) in [5.74, 6) is -10.7. The van der Waals surface area contributed by atoms with Crippen LogP contribution >= 0.6 is 0 Å². The zero-order chi connectivity index (χ0) is 10.6. The number of halogens is 7. The van der Waals surface area contributed by atoms with Crippen LogP contribution in [-0.4, -0.2) is 0 Å². The van der Waals surface area contributed by atoms with Crippen molar-refractivity contribution in [3.8, 4) is 0 Å². The maximum Gasteiger partial charge on any atom is 0.308 e. The van der Waals surface area contributed by atoms with Crippen LogP contribution in [0.25, 0.3) is 0 Å². The average molecular weight is 206 g/mol. The molecular weight excluding hydrogens is 205 g/mol. The number of rotatable bonds is 2. The van der Waals surface area contributed by atoms with E-state index in [2.05, 4.69) is 0 Å². The quantitative estimate of drug-likeness (QED) is 0.473. The Morgan fingerprint density at radius 3 is 1.46 bits per heavy atom. The predicted octanol–water partition coefficient (Wildman–Crippen LogP) is 4.00. The molecule has 0 radical (unpaired) electrons. The number of hydrogen-bond donors (Lipinski definition) is 0. The van der Waals surface area contributed by atoms with E-state index in [1.54, 1.807) is 0 Å². The fourth-order valence-corrected chi connectivity index (χ4v) is 0.332. The van der Waals surface area contributed by atoms with Crippen LogP contribution in [0, 0.1) is 0 Å². The first-order valence-electron chi connectivity index (χ1n) is 2.64. The molecule has 0 aliphatic heterocycles. The van der Waals surface area contributed by atoms with Gasteiger partial charge in [0, 0.05) is 0 Å². The Bertz CT molecular complexity index is 281. The highest BCUT2D eigenvalue weighted by atomic mass is 19.3. The minimum absolute atomic E-state index is 1.03. The lowest BCUT2D eigenvalue weighted by Gasteiger charge is -1.93. The maximum atomic E-state index is 12.0. The first-order valence-corrected chi connectivity index (χ1v) is 2.64. The lowest BCUT2D eigenvalue weighted by molar-refractivity contribution is 0.364. The molecule has 74 valence electrons. The molecule has 0 fully saturated rings. The summed E-state index contributed by atoms with van der Waals surface area (Å²) >= 11 is 0. The fourth-order valence-electron chi connectivity index (χ4n) is 0.332. The minimum Gasteiger partial charge on any atom is -0.212 e. The summed E-state index contributed by atoms with van der Waals surface area (Å²) in [4.78, 5) is 0. The topological polar surface area (TPSA) is 0 Å². The van der Waals surface area contributed by atoms with E-state index in [1.165, 1.54) is 0 Å². The summed E-state index contributed by atoms with van der Waals surface area (Å²) < 4.78 is 81.2. The van der Waals surface area contributed by atoms with Gasteiger partial charge in [-0.2, -0.15) is 13.2 Å². The van der Waals surface area contributed by atoms with E-state index >= 15 is 0 Å². The van der Waals surface area contributed by atoms with E-state index in [0.717, 1.165) is 0 Å². The predicted molar refractivity (Wildman–Crippen MR) is 29.9 cm³/mol. The smallest absolute Gasteiger partial charge is 0.212 e. The zero-order valence-electron chi connectivity index (χ0n) is 5.72. The van der Waals surface area contributed by atoms with Gasteiger partial charge in [0.2, 0.25) is 11.7 Å². The number of allylic oxidation sites excluding steroid dienone is 4. The van der Waals surface area contributed by atoms with Gasteiger partial charge >= 0.3 is 6.08 Å². The first kappa shape index (κ1) is 11.7. The Morgan fingerprint density at radius 1 is 0.692 bits per heavy atom. The highest BCUT2D eigenvalue weighted by Crippen LogP contribution is 2.27. The van der Waals surface area contributed by atoms with E-state index in [4.69, 9.17) is 0 Å². The summed E-state index contributed by atoms with van der Waals surface area (Å²) in [6.07, 6.45) is -4.20. The van der Waals surface area contributed by atoms with Gasteiger partial charge in [-0.3, -0.25) is 0 Å². The van der Waals surface area contributed by atoms with Crippen LogP contribution in [-0.2, 0) is 0 Å². The molecule has 0 heterocycles. The molecule has 0 aromatic heterocycles. The van der Waals surface area contributed by atoms with Crippen LogP contribution in [0.15, 0.2) is 35.7 Å². The highest BCUT2D eigenvalue weighted by Gasteiger charge is 2.20. The third-order valence-corrected chi connectivity index (χ3v) is 0.857. The molecule has 0 bridgehead atoms. The normalized spacial score (nSPS) is 13.9. The first-order chi connectivity index (χ1) is 5.91. The second kappa shape index (κ2) is 4.68. The Balaban J connectivity index is 5.17. The van der Waals surface area contributed by atoms with Crippen LogP contribution in [0.5, 0.6) is 0 Å². The van der Waals surface area contributed by atoms with Gasteiger partial charge in [0.25, 0.3) is 0 Å². The van der Waals surface area contributed by atoms with Crippen LogP contribution in [0.4, 0.5) is 30.7 Å². The SMILES string of the molecule is FC=C(F)/C(F)=C(\F)C(F)=C(F)F. The Morgan fingerprint density at radius 2 is 1.15 bits per heavy atom. The van der Waals surface area contributed by atoms with Gasteiger partial charge in [-0.1, -0.05) is 0 Å². The van der Waals surface area contributed by atoms with Crippen molar-refractivity contribution in [1.29, 1.82) is 0 Å². The summed E-state index contributed by atoms with van der Waals surface area (Å²) in [6.45, 7) is 0. The van der Waals surface area contributed by atoms with E-state index in [0.29, 0.717) is 0 Å². The Kier molecular flexibility index (Phi) is 4.22. The van der Waals surface area contributed by atoms with Gasteiger partial charge < -0.3 is 0 Å². The van der Waals surface area contributed by atoms with Crippen LogP contribution < -0.4 is 0 Å². The molecule has 0 aliphatic carbocycles. The van der Waals surface area contributed by atoms with Crippen molar-refractivity contribution in [2.24, 2.45) is 0 Å². The maximum absolute atomic E-state index is 12.0. The van der Waals surface area contributed by atoms with Crippen molar-refractivity contribution in [2.45, 2.75) is 0 Å². The van der Waals surface area contributed by atoms with Gasteiger partial charge in [-0.05, 0) is 0 Å². The molecule has 0 unspecified atom stereocenters. The largest absolute Gasteiger partial charge is 0.308 e. The molecule has 7 heteroatoms. The average Bonchev–Trinajstić information content (AvgIpc) is 2.12. The van der Waals surface area contributed by atoms with Gasteiger partial charge in [-0.15, -0.1) is 0 Å². The van der Waals surface area contributed by atoms with E-state index in [1.807, 2.05) is 0 Å². The molecule has 0 aliphatic rings. The summed E-state index contributed by atoms with van der Waals surface area (Å²) in [5.41, 5.74) is 0. The van der Waals surface area contributed by atoms with Crippen LogP contribution in [0.1, 0.15) is 0 Å². The molecule has 13 heavy (non-hydrogen) atoms. The van der Waals surface area contributed by atoms with Gasteiger partial charge in [0.15, 0.2) is 11.7 Å². The third-order valence-electron chi connectivity index (χ3n) is 0.857. The molecule has 0 N–H and O–H groups in total. The molecule has 0 amide bonds. The second-order valence-electron chi connectivity index (χ2n) is 1.66. The van der Waals surface area contributed by atoms with Crippen molar-refractivity contribution in [1.82, 2.24) is 0 Å². The van der Waals surface area contributed by atoms with Crippen molar-refractivity contribution in [3.63, 3.8) is 0 Å². The Hall–Kier alpha value is -1.27. The van der Waals surface area contributed by atoms with Gasteiger partial charge in [0.1, 0.15) is 6.33 Å². The molecular formula is C6HF7. The van der Waals surface area contributed by atoms with Crippen molar-refractivity contribution in [2.75, 3.05) is 0 Å². The third kappa shape index (κ3) is 2.92. The molecule has 0 aromatic rings. The lowest BCUT2D eigenvalue weighted by Crippen LogP contribution is -1.85. The van der Waals surface area contributed by atoms with E-state index < -0.39 is 35.7 Å². The molecule has 0 nitrogen and oxygen atoms in total. The molecule has 0 saturated heterocycles. The van der Waals surface area contributed by atoms with Gasteiger partial charge in [0.05, 0.1) is 0 Å².